The van der Waals surface area contributed by atoms with E-state index in [4.69, 9.17) is 5.73 Å². The molecule has 0 aliphatic heterocycles. The van der Waals surface area contributed by atoms with Crippen molar-refractivity contribution in [2.24, 2.45) is 0 Å². The van der Waals surface area contributed by atoms with E-state index < -0.39 is 11.7 Å². The van der Waals surface area contributed by atoms with Gasteiger partial charge < -0.3 is 5.73 Å². The van der Waals surface area contributed by atoms with Crippen molar-refractivity contribution in [2.75, 3.05) is 5.73 Å². The topological polar surface area (TPSA) is 69.6 Å². The van der Waals surface area contributed by atoms with Crippen LogP contribution in [0.2, 0.25) is 0 Å². The quantitative estimate of drug-likeness (QED) is 0.863. The number of tetrazole rings is 1. The third-order valence-corrected chi connectivity index (χ3v) is 2.17. The minimum Gasteiger partial charge on any atom is -0.367 e. The van der Waals surface area contributed by atoms with E-state index in [0.29, 0.717) is 5.56 Å². The van der Waals surface area contributed by atoms with Crippen molar-refractivity contribution in [2.45, 2.75) is 12.7 Å². The highest BCUT2D eigenvalue weighted by atomic mass is 19.4. The number of anilines is 1. The first-order valence-corrected chi connectivity index (χ1v) is 4.64. The van der Waals surface area contributed by atoms with Gasteiger partial charge in [0.05, 0.1) is 12.1 Å². The van der Waals surface area contributed by atoms with Crippen LogP contribution < -0.4 is 5.73 Å². The Morgan fingerprint density at radius 2 is 1.82 bits per heavy atom. The number of hydrogen-bond donors (Lipinski definition) is 1. The minimum absolute atomic E-state index is 0.116. The largest absolute Gasteiger partial charge is 0.416 e. The molecule has 1 aromatic heterocycles. The molecule has 2 rings (SSSR count). The second-order valence-electron chi connectivity index (χ2n) is 3.39. The lowest BCUT2D eigenvalue weighted by atomic mass is 10.1. The second kappa shape index (κ2) is 4.04. The number of nitrogens with two attached hydrogens (primary N) is 1. The fraction of sp³-hybridized carbons (Fsp3) is 0.222. The van der Waals surface area contributed by atoms with Crippen molar-refractivity contribution in [1.29, 1.82) is 0 Å². The van der Waals surface area contributed by atoms with Crippen molar-refractivity contribution in [1.82, 2.24) is 20.2 Å². The summed E-state index contributed by atoms with van der Waals surface area (Å²) in [5, 5.41) is 10.4. The van der Waals surface area contributed by atoms with Crippen LogP contribution in [-0.4, -0.2) is 20.2 Å². The van der Waals surface area contributed by atoms with Gasteiger partial charge in [0, 0.05) is 0 Å². The summed E-state index contributed by atoms with van der Waals surface area (Å²) < 4.78 is 38.2. The standard InChI is InChI=1S/C9H8F3N5/c10-9(11,12)7-3-1-6(2-4-7)5-17-8(13)14-15-16-17/h1-4H,5H2,(H2,13,14,16). The fourth-order valence-corrected chi connectivity index (χ4v) is 1.30. The van der Waals surface area contributed by atoms with Gasteiger partial charge in [0.15, 0.2) is 0 Å². The lowest BCUT2D eigenvalue weighted by molar-refractivity contribution is -0.137. The van der Waals surface area contributed by atoms with Crippen LogP contribution in [0.5, 0.6) is 0 Å². The van der Waals surface area contributed by atoms with Crippen LogP contribution in [0, 0.1) is 0 Å². The summed E-state index contributed by atoms with van der Waals surface area (Å²) in [6.45, 7) is 0.233. The molecular formula is C9H8F3N5. The van der Waals surface area contributed by atoms with E-state index in [0.717, 1.165) is 12.1 Å². The van der Waals surface area contributed by atoms with Crippen molar-refractivity contribution >= 4 is 5.95 Å². The Labute approximate surface area is 94.0 Å². The molecule has 2 N–H and O–H groups in total. The monoisotopic (exact) mass is 243 g/mol. The molecule has 0 spiro atoms. The number of aromatic nitrogens is 4. The van der Waals surface area contributed by atoms with Crippen LogP contribution in [0.4, 0.5) is 19.1 Å². The SMILES string of the molecule is Nc1nnnn1Cc1ccc(C(F)(F)F)cc1. The van der Waals surface area contributed by atoms with E-state index >= 15 is 0 Å². The summed E-state index contributed by atoms with van der Waals surface area (Å²) in [6.07, 6.45) is -4.33. The van der Waals surface area contributed by atoms with Crippen molar-refractivity contribution in [3.8, 4) is 0 Å². The molecule has 0 amide bonds. The normalized spacial score (nSPS) is 11.7. The zero-order chi connectivity index (χ0) is 12.5. The molecule has 0 unspecified atom stereocenters. The molecule has 5 nitrogen and oxygen atoms in total. The van der Waals surface area contributed by atoms with Gasteiger partial charge in [0.1, 0.15) is 0 Å². The van der Waals surface area contributed by atoms with Crippen molar-refractivity contribution < 1.29 is 13.2 Å². The molecule has 0 aliphatic rings. The zero-order valence-corrected chi connectivity index (χ0v) is 8.52. The van der Waals surface area contributed by atoms with Crippen molar-refractivity contribution in [3.63, 3.8) is 0 Å². The Bertz CT molecular complexity index is 502. The number of nitrogens with zero attached hydrogens (tertiary/aromatic N) is 4. The summed E-state index contributed by atoms with van der Waals surface area (Å²) in [6, 6.07) is 4.75. The number of halogens is 3. The van der Waals surface area contributed by atoms with Gasteiger partial charge in [-0.05, 0) is 28.1 Å². The fourth-order valence-electron chi connectivity index (χ4n) is 1.30. The third kappa shape index (κ3) is 2.52. The van der Waals surface area contributed by atoms with Crippen molar-refractivity contribution in [3.05, 3.63) is 35.4 Å². The maximum Gasteiger partial charge on any atom is 0.416 e. The number of nitrogen functional groups attached to an aromatic ring is 1. The van der Waals surface area contributed by atoms with E-state index in [1.54, 1.807) is 0 Å². The molecule has 1 heterocycles. The Kier molecular flexibility index (Phi) is 2.70. The van der Waals surface area contributed by atoms with Gasteiger partial charge in [-0.3, -0.25) is 0 Å². The molecule has 0 aliphatic carbocycles. The maximum atomic E-state index is 12.3. The minimum atomic E-state index is -4.33. The van der Waals surface area contributed by atoms with Crippen LogP contribution in [0.1, 0.15) is 11.1 Å². The smallest absolute Gasteiger partial charge is 0.367 e. The van der Waals surface area contributed by atoms with E-state index in [1.807, 2.05) is 0 Å². The Morgan fingerprint density at radius 1 is 1.18 bits per heavy atom. The molecule has 8 heteroatoms. The van der Waals surface area contributed by atoms with Gasteiger partial charge >= 0.3 is 6.18 Å². The Balaban J connectivity index is 2.17. The first-order valence-electron chi connectivity index (χ1n) is 4.64. The molecule has 0 saturated carbocycles. The van der Waals surface area contributed by atoms with Gasteiger partial charge in [-0.2, -0.15) is 13.2 Å². The number of rotatable bonds is 2. The molecular weight excluding hydrogens is 235 g/mol. The van der Waals surface area contributed by atoms with Crippen LogP contribution >= 0.6 is 0 Å². The highest BCUT2D eigenvalue weighted by Gasteiger charge is 2.29. The van der Waals surface area contributed by atoms with Crippen LogP contribution in [0.3, 0.4) is 0 Å². The van der Waals surface area contributed by atoms with Crippen LogP contribution in [0.15, 0.2) is 24.3 Å². The third-order valence-electron chi connectivity index (χ3n) is 2.17. The lowest BCUT2D eigenvalue weighted by Gasteiger charge is -2.07. The zero-order valence-electron chi connectivity index (χ0n) is 8.52. The number of benzene rings is 1. The van der Waals surface area contributed by atoms with Gasteiger partial charge in [-0.25, -0.2) is 4.68 Å². The highest BCUT2D eigenvalue weighted by Crippen LogP contribution is 2.29. The first kappa shape index (κ1) is 11.4. The molecule has 90 valence electrons. The Morgan fingerprint density at radius 3 is 2.29 bits per heavy atom. The van der Waals surface area contributed by atoms with Gasteiger partial charge in [-0.1, -0.05) is 17.2 Å². The molecule has 2 aromatic rings. The molecule has 0 bridgehead atoms. The summed E-state index contributed by atoms with van der Waals surface area (Å²) in [4.78, 5) is 0. The number of alkyl halides is 3. The van der Waals surface area contributed by atoms with E-state index in [2.05, 4.69) is 15.5 Å². The Hall–Kier alpha value is -2.12. The van der Waals surface area contributed by atoms with Gasteiger partial charge in [0.25, 0.3) is 0 Å². The maximum absolute atomic E-state index is 12.3. The highest BCUT2D eigenvalue weighted by molar-refractivity contribution is 5.25. The molecule has 0 atom stereocenters. The van der Waals surface area contributed by atoms with E-state index in [1.165, 1.54) is 16.8 Å². The molecule has 0 saturated heterocycles. The molecule has 17 heavy (non-hydrogen) atoms. The van der Waals surface area contributed by atoms with Crippen LogP contribution in [-0.2, 0) is 12.7 Å². The van der Waals surface area contributed by atoms with E-state index in [9.17, 15) is 13.2 Å². The second-order valence-corrected chi connectivity index (χ2v) is 3.39. The first-order chi connectivity index (χ1) is 7.97. The summed E-state index contributed by atoms with van der Waals surface area (Å²) in [5.74, 6) is 0.116. The predicted molar refractivity (Wildman–Crippen MR) is 52.8 cm³/mol. The van der Waals surface area contributed by atoms with Gasteiger partial charge in [-0.15, -0.1) is 0 Å². The number of hydrogen-bond acceptors (Lipinski definition) is 4. The predicted octanol–water partition coefficient (Wildman–Crippen LogP) is 1.32. The summed E-state index contributed by atoms with van der Waals surface area (Å²) >= 11 is 0. The summed E-state index contributed by atoms with van der Waals surface area (Å²) in [5.41, 5.74) is 5.38. The van der Waals surface area contributed by atoms with Gasteiger partial charge in [0.2, 0.25) is 5.95 Å². The molecule has 0 radical (unpaired) electrons. The van der Waals surface area contributed by atoms with E-state index in [-0.39, 0.29) is 12.5 Å². The van der Waals surface area contributed by atoms with Crippen LogP contribution in [0.25, 0.3) is 0 Å². The molecule has 1 aromatic carbocycles. The average molecular weight is 243 g/mol. The average Bonchev–Trinajstić information content (AvgIpc) is 2.64. The molecule has 0 fully saturated rings. The summed E-state index contributed by atoms with van der Waals surface area (Å²) in [7, 11) is 0. The lowest BCUT2D eigenvalue weighted by Crippen LogP contribution is -2.08.